The summed E-state index contributed by atoms with van der Waals surface area (Å²) in [5.41, 5.74) is 2.61. The van der Waals surface area contributed by atoms with Crippen LogP contribution < -0.4 is 10.2 Å². The van der Waals surface area contributed by atoms with Crippen molar-refractivity contribution >= 4 is 34.9 Å². The summed E-state index contributed by atoms with van der Waals surface area (Å²) < 4.78 is 0. The van der Waals surface area contributed by atoms with Crippen molar-refractivity contribution in [2.45, 2.75) is 33.1 Å². The number of nitrogens with one attached hydrogen (secondary N) is 1. The number of hydrogen-bond acceptors (Lipinski definition) is 5. The fraction of sp³-hybridized carbons (Fsp3) is 0.333. The highest BCUT2D eigenvalue weighted by atomic mass is 16.2. The molecule has 0 aliphatic carbocycles. The summed E-state index contributed by atoms with van der Waals surface area (Å²) in [5, 5.41) is 2.83. The van der Waals surface area contributed by atoms with E-state index in [0.717, 1.165) is 26.1 Å². The quantitative estimate of drug-likeness (QED) is 0.408. The number of likely N-dealkylation sites (N-methyl/N-ethyl adjacent to an activating group) is 2. The molecule has 198 valence electrons. The number of rotatable bonds is 11. The highest BCUT2D eigenvalue weighted by Crippen LogP contribution is 2.36. The average molecular weight is 514 g/mol. The number of pyridine rings is 1. The van der Waals surface area contributed by atoms with Crippen molar-refractivity contribution in [2.24, 2.45) is 0 Å². The second-order valence-corrected chi connectivity index (χ2v) is 9.22. The minimum atomic E-state index is -0.300. The van der Waals surface area contributed by atoms with E-state index in [2.05, 4.69) is 46.4 Å². The number of amides is 3. The molecule has 0 saturated heterocycles. The second kappa shape index (κ2) is 13.0. The van der Waals surface area contributed by atoms with E-state index < -0.39 is 0 Å². The molecule has 0 saturated carbocycles. The Morgan fingerprint density at radius 2 is 1.63 bits per heavy atom. The van der Waals surface area contributed by atoms with E-state index in [1.54, 1.807) is 42.6 Å². The van der Waals surface area contributed by atoms with E-state index in [-0.39, 0.29) is 30.6 Å². The molecule has 4 rings (SSSR count). The Labute approximate surface area is 224 Å². The average Bonchev–Trinajstić information content (AvgIpc) is 3.08. The van der Waals surface area contributed by atoms with Crippen molar-refractivity contribution in [2.75, 3.05) is 42.9 Å². The molecular weight excluding hydrogens is 478 g/mol. The molecule has 0 fully saturated rings. The first-order valence-electron chi connectivity index (χ1n) is 13.2. The fourth-order valence-corrected chi connectivity index (χ4v) is 4.65. The van der Waals surface area contributed by atoms with Gasteiger partial charge in [-0.15, -0.1) is 0 Å². The maximum absolute atomic E-state index is 13.5. The predicted octanol–water partition coefficient (Wildman–Crippen LogP) is 4.51. The van der Waals surface area contributed by atoms with E-state index in [4.69, 9.17) is 0 Å². The number of nitrogens with zero attached hydrogens (tertiary/aromatic N) is 4. The van der Waals surface area contributed by atoms with Crippen LogP contribution in [0, 0.1) is 0 Å². The van der Waals surface area contributed by atoms with Crippen LogP contribution in [-0.2, 0) is 16.0 Å². The van der Waals surface area contributed by atoms with E-state index >= 15 is 0 Å². The molecule has 8 nitrogen and oxygen atoms in total. The van der Waals surface area contributed by atoms with Gasteiger partial charge in [0.1, 0.15) is 0 Å². The maximum atomic E-state index is 13.5. The molecule has 1 aliphatic rings. The molecule has 0 radical (unpaired) electrons. The van der Waals surface area contributed by atoms with E-state index in [9.17, 15) is 14.4 Å². The third kappa shape index (κ3) is 6.44. The van der Waals surface area contributed by atoms with Crippen molar-refractivity contribution in [3.63, 3.8) is 0 Å². The van der Waals surface area contributed by atoms with E-state index in [1.165, 1.54) is 10.5 Å². The second-order valence-electron chi connectivity index (χ2n) is 9.22. The Hall–Kier alpha value is -4.04. The number of carbonyl (C=O) groups is 3. The van der Waals surface area contributed by atoms with Crippen molar-refractivity contribution in [3.8, 4) is 0 Å². The molecule has 1 aliphatic heterocycles. The first kappa shape index (κ1) is 27.0. The molecule has 8 heteroatoms. The van der Waals surface area contributed by atoms with Gasteiger partial charge in [-0.2, -0.15) is 0 Å². The summed E-state index contributed by atoms with van der Waals surface area (Å²) in [6, 6.07) is 20.8. The number of aromatic nitrogens is 1. The highest BCUT2D eigenvalue weighted by Gasteiger charge is 2.30. The summed E-state index contributed by atoms with van der Waals surface area (Å²) in [6.45, 7) is 7.90. The van der Waals surface area contributed by atoms with E-state index in [1.807, 2.05) is 17.9 Å². The Balaban J connectivity index is 1.38. The van der Waals surface area contributed by atoms with Crippen LogP contribution >= 0.6 is 0 Å². The van der Waals surface area contributed by atoms with Crippen LogP contribution in [0.4, 0.5) is 17.2 Å². The van der Waals surface area contributed by atoms with Crippen LogP contribution in [0.1, 0.15) is 42.6 Å². The van der Waals surface area contributed by atoms with Gasteiger partial charge in [0.2, 0.25) is 11.8 Å². The van der Waals surface area contributed by atoms with E-state index in [0.29, 0.717) is 35.8 Å². The Kier molecular flexibility index (Phi) is 9.21. The first-order chi connectivity index (χ1) is 18.5. The highest BCUT2D eigenvalue weighted by molar-refractivity contribution is 6.17. The zero-order valence-corrected chi connectivity index (χ0v) is 22.1. The number of fused-ring (bicyclic) bond motifs is 2. The molecule has 1 N–H and O–H groups in total. The van der Waals surface area contributed by atoms with Gasteiger partial charge in [0.15, 0.2) is 5.82 Å². The summed E-state index contributed by atoms with van der Waals surface area (Å²) >= 11 is 0. The monoisotopic (exact) mass is 513 g/mol. The number of benzene rings is 2. The lowest BCUT2D eigenvalue weighted by Crippen LogP contribution is -2.39. The lowest BCUT2D eigenvalue weighted by atomic mass is 10.1. The van der Waals surface area contributed by atoms with Crippen molar-refractivity contribution in [1.82, 2.24) is 14.8 Å². The zero-order chi connectivity index (χ0) is 26.9. The van der Waals surface area contributed by atoms with Crippen LogP contribution in [0.5, 0.6) is 0 Å². The van der Waals surface area contributed by atoms with Gasteiger partial charge in [-0.25, -0.2) is 4.98 Å². The van der Waals surface area contributed by atoms with Crippen molar-refractivity contribution in [3.05, 3.63) is 84.1 Å². The molecule has 1 aromatic heterocycles. The molecule has 3 amide bonds. The molecule has 0 atom stereocenters. The minimum Gasteiger partial charge on any atom is -0.342 e. The van der Waals surface area contributed by atoms with Crippen LogP contribution in [0.25, 0.3) is 0 Å². The van der Waals surface area contributed by atoms with Gasteiger partial charge in [0, 0.05) is 45.2 Å². The SMILES string of the molecule is CCN(CCc1ccccc1)CCN(CC)C(=O)CCC(=O)N1c2ccccc2C(=O)Nc2cccnc21. The van der Waals surface area contributed by atoms with Crippen LogP contribution in [0.3, 0.4) is 0 Å². The molecule has 2 aromatic carbocycles. The topological polar surface area (TPSA) is 85.9 Å². The third-order valence-electron chi connectivity index (χ3n) is 6.87. The number of anilines is 3. The fourth-order valence-electron chi connectivity index (χ4n) is 4.65. The molecule has 2 heterocycles. The molecular formula is C30H35N5O3. The van der Waals surface area contributed by atoms with Gasteiger partial charge in [0.05, 0.1) is 16.9 Å². The summed E-state index contributed by atoms with van der Waals surface area (Å²) in [5.74, 6) is -0.284. The lowest BCUT2D eigenvalue weighted by Gasteiger charge is -2.27. The summed E-state index contributed by atoms with van der Waals surface area (Å²) in [6.07, 6.45) is 2.65. The number of para-hydroxylation sites is 1. The van der Waals surface area contributed by atoms with Crippen LogP contribution in [0.2, 0.25) is 0 Å². The smallest absolute Gasteiger partial charge is 0.257 e. The standard InChI is InChI=1S/C30H35N5O3/c1-3-33(20-18-23-11-6-5-7-12-23)21-22-34(4-2)27(36)16-17-28(37)35-26-15-9-8-13-24(26)30(38)32-25-14-10-19-31-29(25)35/h5-15,19H,3-4,16-18,20-22H2,1-2H3,(H,32,38). The summed E-state index contributed by atoms with van der Waals surface area (Å²) in [7, 11) is 0. The molecule has 0 spiro atoms. The zero-order valence-electron chi connectivity index (χ0n) is 22.1. The molecule has 0 bridgehead atoms. The van der Waals surface area contributed by atoms with Crippen molar-refractivity contribution < 1.29 is 14.4 Å². The maximum Gasteiger partial charge on any atom is 0.257 e. The normalized spacial score (nSPS) is 12.4. The van der Waals surface area contributed by atoms with Gasteiger partial charge in [-0.05, 0) is 49.7 Å². The largest absolute Gasteiger partial charge is 0.342 e. The van der Waals surface area contributed by atoms with Gasteiger partial charge in [-0.3, -0.25) is 19.3 Å². The van der Waals surface area contributed by atoms with Gasteiger partial charge in [0.25, 0.3) is 5.91 Å². The first-order valence-corrected chi connectivity index (χ1v) is 13.2. The van der Waals surface area contributed by atoms with Crippen molar-refractivity contribution in [1.29, 1.82) is 0 Å². The predicted molar refractivity (Wildman–Crippen MR) is 150 cm³/mol. The Bertz CT molecular complexity index is 1260. The van der Waals surface area contributed by atoms with Gasteiger partial charge >= 0.3 is 0 Å². The van der Waals surface area contributed by atoms with Crippen LogP contribution in [-0.4, -0.2) is 65.2 Å². The van der Waals surface area contributed by atoms with Gasteiger partial charge < -0.3 is 15.1 Å². The Morgan fingerprint density at radius 1 is 0.868 bits per heavy atom. The van der Waals surface area contributed by atoms with Gasteiger partial charge in [-0.1, -0.05) is 49.4 Å². The van der Waals surface area contributed by atoms with Crippen LogP contribution in [0.15, 0.2) is 72.9 Å². The molecule has 3 aromatic rings. The minimum absolute atomic E-state index is 0.0133. The Morgan fingerprint density at radius 3 is 2.39 bits per heavy atom. The number of hydrogen-bond donors (Lipinski definition) is 1. The summed E-state index contributed by atoms with van der Waals surface area (Å²) in [4.78, 5) is 49.4. The number of carbonyl (C=O) groups excluding carboxylic acids is 3. The third-order valence-corrected chi connectivity index (χ3v) is 6.87. The lowest BCUT2D eigenvalue weighted by molar-refractivity contribution is -0.133. The molecule has 38 heavy (non-hydrogen) atoms. The molecule has 0 unspecified atom stereocenters.